The molecule has 1 unspecified atom stereocenters. The van der Waals surface area contributed by atoms with Gasteiger partial charge in [-0.25, -0.2) is 0 Å². The minimum atomic E-state index is -0.137. The second-order valence-electron chi connectivity index (χ2n) is 5.72. The highest BCUT2D eigenvalue weighted by atomic mass is 35.5. The predicted octanol–water partition coefficient (Wildman–Crippen LogP) is 1.70. The number of benzene rings is 1. The minimum absolute atomic E-state index is 0. The number of methoxy groups -OCH3 is 1. The van der Waals surface area contributed by atoms with Gasteiger partial charge in [-0.2, -0.15) is 0 Å². The number of amides is 1. The maximum Gasteiger partial charge on any atom is 0.227 e. The molecule has 2 N–H and O–H groups in total. The van der Waals surface area contributed by atoms with Crippen molar-refractivity contribution < 1.29 is 14.3 Å². The van der Waals surface area contributed by atoms with Crippen molar-refractivity contribution >= 4 is 18.3 Å². The lowest BCUT2D eigenvalue weighted by Crippen LogP contribution is -2.38. The van der Waals surface area contributed by atoms with Gasteiger partial charge in [0.1, 0.15) is 18.1 Å². The summed E-state index contributed by atoms with van der Waals surface area (Å²) in [5, 5.41) is 6.30. The molecule has 1 amide bonds. The molecule has 1 aromatic rings. The van der Waals surface area contributed by atoms with Gasteiger partial charge >= 0.3 is 0 Å². The fourth-order valence-electron chi connectivity index (χ4n) is 2.84. The highest BCUT2D eigenvalue weighted by molar-refractivity contribution is 5.85. The van der Waals surface area contributed by atoms with Crippen LogP contribution < -0.4 is 20.1 Å². The highest BCUT2D eigenvalue weighted by Gasteiger charge is 2.26. The molecule has 0 saturated carbocycles. The molecule has 0 radical (unpaired) electrons. The first kappa shape index (κ1) is 17.6. The summed E-state index contributed by atoms with van der Waals surface area (Å²) < 4.78 is 10.9. The van der Waals surface area contributed by atoms with E-state index < -0.39 is 0 Å². The third kappa shape index (κ3) is 4.39. The molecule has 23 heavy (non-hydrogen) atoms. The Morgan fingerprint density at radius 1 is 1.48 bits per heavy atom. The standard InChI is InChI=1S/C17H22N2O3.ClH/c1-21-15-2-3-16-13(9-15)8-14(11-22-16)17(20)19-10-12-4-6-18-7-5-12;/h2-4,9,14,18H,5-8,10-11H2,1H3,(H,19,20);1H. The molecule has 1 atom stereocenters. The Bertz CT molecular complexity index is 589. The van der Waals surface area contributed by atoms with Crippen molar-refractivity contribution in [2.24, 2.45) is 5.92 Å². The molecule has 0 aromatic heterocycles. The van der Waals surface area contributed by atoms with Gasteiger partial charge in [-0.05, 0) is 43.1 Å². The molecule has 2 aliphatic rings. The summed E-state index contributed by atoms with van der Waals surface area (Å²) in [5.41, 5.74) is 2.33. The van der Waals surface area contributed by atoms with Gasteiger partial charge < -0.3 is 20.1 Å². The van der Waals surface area contributed by atoms with E-state index in [0.717, 1.165) is 36.6 Å². The van der Waals surface area contributed by atoms with E-state index in [-0.39, 0.29) is 24.2 Å². The Kier molecular flexibility index (Phi) is 6.30. The molecule has 0 bridgehead atoms. The topological polar surface area (TPSA) is 59.6 Å². The summed E-state index contributed by atoms with van der Waals surface area (Å²) in [6, 6.07) is 5.73. The maximum absolute atomic E-state index is 12.3. The van der Waals surface area contributed by atoms with Gasteiger partial charge in [0.05, 0.1) is 13.0 Å². The number of ether oxygens (including phenoxy) is 2. The van der Waals surface area contributed by atoms with Crippen LogP contribution in [0.25, 0.3) is 0 Å². The molecule has 126 valence electrons. The summed E-state index contributed by atoms with van der Waals surface area (Å²) >= 11 is 0. The number of carbonyl (C=O) groups excluding carboxylic acids is 1. The van der Waals surface area contributed by atoms with Gasteiger partial charge in [0.25, 0.3) is 0 Å². The molecular formula is C17H23ClN2O3. The van der Waals surface area contributed by atoms with Crippen molar-refractivity contribution in [1.82, 2.24) is 10.6 Å². The van der Waals surface area contributed by atoms with Gasteiger partial charge in [0.15, 0.2) is 0 Å². The summed E-state index contributed by atoms with van der Waals surface area (Å²) in [6.45, 7) is 2.96. The van der Waals surface area contributed by atoms with Crippen LogP contribution in [0, 0.1) is 5.92 Å². The highest BCUT2D eigenvalue weighted by Crippen LogP contribution is 2.30. The van der Waals surface area contributed by atoms with Crippen LogP contribution in [0.1, 0.15) is 12.0 Å². The number of hydrogen-bond acceptors (Lipinski definition) is 4. The monoisotopic (exact) mass is 338 g/mol. The van der Waals surface area contributed by atoms with Gasteiger partial charge in [-0.15, -0.1) is 12.4 Å². The smallest absolute Gasteiger partial charge is 0.227 e. The predicted molar refractivity (Wildman–Crippen MR) is 91.5 cm³/mol. The third-order valence-electron chi connectivity index (χ3n) is 4.19. The van der Waals surface area contributed by atoms with Crippen molar-refractivity contribution in [3.8, 4) is 11.5 Å². The fraction of sp³-hybridized carbons (Fsp3) is 0.471. The molecule has 0 aliphatic carbocycles. The molecule has 2 aliphatic heterocycles. The van der Waals surface area contributed by atoms with Crippen LogP contribution in [0.5, 0.6) is 11.5 Å². The first-order valence-corrected chi connectivity index (χ1v) is 7.72. The van der Waals surface area contributed by atoms with Crippen molar-refractivity contribution in [3.63, 3.8) is 0 Å². The van der Waals surface area contributed by atoms with Crippen molar-refractivity contribution in [1.29, 1.82) is 0 Å². The van der Waals surface area contributed by atoms with E-state index in [2.05, 4.69) is 16.7 Å². The largest absolute Gasteiger partial charge is 0.497 e. The second-order valence-corrected chi connectivity index (χ2v) is 5.72. The average molecular weight is 339 g/mol. The zero-order valence-corrected chi connectivity index (χ0v) is 14.1. The second kappa shape index (κ2) is 8.22. The van der Waals surface area contributed by atoms with E-state index >= 15 is 0 Å². The number of nitrogens with one attached hydrogen (secondary N) is 2. The lowest BCUT2D eigenvalue weighted by atomic mass is 9.95. The molecule has 0 saturated heterocycles. The Labute approximate surface area is 142 Å². The average Bonchev–Trinajstić information content (AvgIpc) is 2.59. The summed E-state index contributed by atoms with van der Waals surface area (Å²) in [7, 11) is 1.64. The Balaban J connectivity index is 0.00000192. The van der Waals surface area contributed by atoms with Crippen LogP contribution in [0.15, 0.2) is 29.8 Å². The van der Waals surface area contributed by atoms with E-state index in [9.17, 15) is 4.79 Å². The van der Waals surface area contributed by atoms with Gasteiger partial charge in [-0.3, -0.25) is 4.79 Å². The molecule has 2 heterocycles. The molecule has 0 spiro atoms. The maximum atomic E-state index is 12.3. The molecule has 0 fully saturated rings. The van der Waals surface area contributed by atoms with Gasteiger partial charge in [0.2, 0.25) is 5.91 Å². The van der Waals surface area contributed by atoms with Crippen LogP contribution in [0.2, 0.25) is 0 Å². The number of carbonyl (C=O) groups is 1. The Morgan fingerprint density at radius 3 is 3.09 bits per heavy atom. The summed E-state index contributed by atoms with van der Waals surface area (Å²) in [4.78, 5) is 12.3. The summed E-state index contributed by atoms with van der Waals surface area (Å²) in [6.07, 6.45) is 3.85. The molecule has 1 aromatic carbocycles. The van der Waals surface area contributed by atoms with Crippen molar-refractivity contribution in [2.75, 3.05) is 33.4 Å². The normalized spacial score (nSPS) is 19.5. The van der Waals surface area contributed by atoms with Crippen LogP contribution in [0.3, 0.4) is 0 Å². The van der Waals surface area contributed by atoms with E-state index in [1.54, 1.807) is 7.11 Å². The quantitative estimate of drug-likeness (QED) is 0.820. The van der Waals surface area contributed by atoms with Gasteiger partial charge in [-0.1, -0.05) is 11.6 Å². The third-order valence-corrected chi connectivity index (χ3v) is 4.19. The molecular weight excluding hydrogens is 316 g/mol. The summed E-state index contributed by atoms with van der Waals surface area (Å²) in [5.74, 6) is 1.57. The van der Waals surface area contributed by atoms with Gasteiger partial charge in [0, 0.05) is 13.1 Å². The zero-order chi connectivity index (χ0) is 15.4. The Morgan fingerprint density at radius 2 is 2.35 bits per heavy atom. The zero-order valence-electron chi connectivity index (χ0n) is 13.3. The van der Waals surface area contributed by atoms with E-state index in [0.29, 0.717) is 19.6 Å². The van der Waals surface area contributed by atoms with Crippen LogP contribution in [0.4, 0.5) is 0 Å². The number of fused-ring (bicyclic) bond motifs is 1. The number of rotatable bonds is 4. The van der Waals surface area contributed by atoms with E-state index in [4.69, 9.17) is 9.47 Å². The van der Waals surface area contributed by atoms with E-state index in [1.165, 1.54) is 5.57 Å². The lowest BCUT2D eigenvalue weighted by Gasteiger charge is -2.25. The number of halogens is 1. The molecule has 6 heteroatoms. The Hall–Kier alpha value is -1.72. The number of hydrogen-bond donors (Lipinski definition) is 2. The molecule has 3 rings (SSSR count). The van der Waals surface area contributed by atoms with Crippen LogP contribution >= 0.6 is 12.4 Å². The first-order valence-electron chi connectivity index (χ1n) is 7.72. The van der Waals surface area contributed by atoms with Crippen molar-refractivity contribution in [3.05, 3.63) is 35.4 Å². The van der Waals surface area contributed by atoms with Crippen LogP contribution in [-0.2, 0) is 11.2 Å². The van der Waals surface area contributed by atoms with E-state index in [1.807, 2.05) is 18.2 Å². The first-order chi connectivity index (χ1) is 10.8. The lowest BCUT2D eigenvalue weighted by molar-refractivity contribution is -0.126. The minimum Gasteiger partial charge on any atom is -0.497 e. The molecule has 5 nitrogen and oxygen atoms in total. The van der Waals surface area contributed by atoms with Crippen molar-refractivity contribution in [2.45, 2.75) is 12.8 Å². The van der Waals surface area contributed by atoms with Crippen LogP contribution in [-0.4, -0.2) is 39.3 Å². The SMILES string of the molecule is COc1ccc2c(c1)CC(C(=O)NCC1=CCNCC1)CO2.Cl. The fourth-order valence-corrected chi connectivity index (χ4v) is 2.84.